The predicted octanol–water partition coefficient (Wildman–Crippen LogP) is 6.06. The van der Waals surface area contributed by atoms with Gasteiger partial charge in [-0.3, -0.25) is 14.1 Å². The Kier molecular flexibility index (Phi) is 8.15. The lowest BCUT2D eigenvalue weighted by molar-refractivity contribution is 0.145. The molecular formula is C30H39N7O. The number of aromatic nitrogens is 7. The average molecular weight is 514 g/mol. The molecule has 2 atom stereocenters. The summed E-state index contributed by atoms with van der Waals surface area (Å²) in [5.41, 5.74) is 5.11. The van der Waals surface area contributed by atoms with Gasteiger partial charge in [0.15, 0.2) is 0 Å². The van der Waals surface area contributed by atoms with Crippen molar-refractivity contribution in [3.63, 3.8) is 0 Å². The van der Waals surface area contributed by atoms with Gasteiger partial charge < -0.3 is 0 Å². The Morgan fingerprint density at radius 2 is 1.76 bits per heavy atom. The molecule has 8 heteroatoms. The van der Waals surface area contributed by atoms with Crippen molar-refractivity contribution < 1.29 is 0 Å². The number of nitrogens with one attached hydrogen (secondary N) is 1. The molecule has 4 aromatic rings. The highest BCUT2D eigenvalue weighted by molar-refractivity contribution is 5.70. The van der Waals surface area contributed by atoms with E-state index in [1.165, 1.54) is 19.3 Å². The first-order valence-electron chi connectivity index (χ1n) is 14.2. The number of rotatable bonds is 10. The molecule has 1 aliphatic carbocycles. The number of benzene rings is 1. The second-order valence-corrected chi connectivity index (χ2v) is 10.6. The summed E-state index contributed by atoms with van der Waals surface area (Å²) in [7, 11) is 0. The van der Waals surface area contributed by atoms with Crippen molar-refractivity contribution in [3.8, 4) is 22.5 Å². The minimum absolute atomic E-state index is 0.117. The Labute approximate surface area is 224 Å². The van der Waals surface area contributed by atoms with Gasteiger partial charge in [0.05, 0.1) is 12.2 Å². The molecule has 3 heterocycles. The van der Waals surface area contributed by atoms with E-state index >= 15 is 0 Å². The molecule has 1 saturated carbocycles. The Bertz CT molecular complexity index is 1380. The van der Waals surface area contributed by atoms with Gasteiger partial charge in [0.1, 0.15) is 0 Å². The van der Waals surface area contributed by atoms with E-state index in [1.54, 1.807) is 0 Å². The summed E-state index contributed by atoms with van der Waals surface area (Å²) in [6.07, 6.45) is 13.0. The summed E-state index contributed by atoms with van der Waals surface area (Å²) in [4.78, 5) is 18.7. The van der Waals surface area contributed by atoms with E-state index < -0.39 is 0 Å². The van der Waals surface area contributed by atoms with Crippen LogP contribution in [0.1, 0.15) is 83.1 Å². The number of tetrazole rings is 1. The molecule has 1 fully saturated rings. The highest BCUT2D eigenvalue weighted by Gasteiger charge is 2.34. The first-order chi connectivity index (χ1) is 18.6. The number of aromatic amines is 1. The molecule has 0 saturated heterocycles. The maximum absolute atomic E-state index is 14.0. The minimum Gasteiger partial charge on any atom is -0.295 e. The van der Waals surface area contributed by atoms with Crippen molar-refractivity contribution in [1.82, 2.24) is 34.7 Å². The number of hydrogen-bond donors (Lipinski definition) is 1. The molecule has 0 aliphatic heterocycles. The largest absolute Gasteiger partial charge is 0.328 e. The van der Waals surface area contributed by atoms with E-state index in [-0.39, 0.29) is 5.69 Å². The molecule has 1 N–H and O–H groups in total. The zero-order chi connectivity index (χ0) is 26.5. The Morgan fingerprint density at radius 3 is 2.47 bits per heavy atom. The third-order valence-corrected chi connectivity index (χ3v) is 8.29. The summed E-state index contributed by atoms with van der Waals surface area (Å²) in [5, 5.41) is 14.4. The van der Waals surface area contributed by atoms with Crippen LogP contribution in [0.2, 0.25) is 0 Å². The summed E-state index contributed by atoms with van der Waals surface area (Å²) in [5.74, 6) is 1.69. The van der Waals surface area contributed by atoms with E-state index in [4.69, 9.17) is 0 Å². The van der Waals surface area contributed by atoms with Crippen molar-refractivity contribution in [3.05, 3.63) is 70.7 Å². The Morgan fingerprint density at radius 1 is 1.00 bits per heavy atom. The number of imidazole rings is 1. The number of aryl methyl sites for hydroxylation is 1. The molecule has 1 aromatic carbocycles. The van der Waals surface area contributed by atoms with Gasteiger partial charge in [-0.2, -0.15) is 5.21 Å². The van der Waals surface area contributed by atoms with E-state index in [0.29, 0.717) is 30.2 Å². The number of nitrogens with zero attached hydrogens (tertiary/aromatic N) is 6. The molecule has 0 bridgehead atoms. The third-order valence-electron chi connectivity index (χ3n) is 8.29. The molecule has 3 aromatic heterocycles. The SMILES string of the molecule is CCCCc1cn(C2C(CC)CCCC2CC)c(=O)n1Cc1cc(-c2cccc(-c3nn[nH]n3)c2)ccn1. The van der Waals surface area contributed by atoms with Gasteiger partial charge >= 0.3 is 5.69 Å². The Hall–Kier alpha value is -3.55. The van der Waals surface area contributed by atoms with Crippen molar-refractivity contribution in [2.75, 3.05) is 0 Å². The van der Waals surface area contributed by atoms with Crippen LogP contribution in [0, 0.1) is 11.8 Å². The lowest BCUT2D eigenvalue weighted by atomic mass is 9.74. The Balaban J connectivity index is 1.48. The van der Waals surface area contributed by atoms with Gasteiger partial charge in [-0.15, -0.1) is 10.2 Å². The molecule has 0 spiro atoms. The first-order valence-corrected chi connectivity index (χ1v) is 14.2. The first kappa shape index (κ1) is 26.1. The summed E-state index contributed by atoms with van der Waals surface area (Å²) in [6.45, 7) is 7.23. The van der Waals surface area contributed by atoms with E-state index in [1.807, 2.05) is 29.0 Å². The third kappa shape index (κ3) is 5.35. The zero-order valence-electron chi connectivity index (χ0n) is 22.8. The van der Waals surface area contributed by atoms with Crippen LogP contribution >= 0.6 is 0 Å². The molecular weight excluding hydrogens is 474 g/mol. The molecule has 38 heavy (non-hydrogen) atoms. The molecule has 2 unspecified atom stereocenters. The smallest absolute Gasteiger partial charge is 0.295 e. The van der Waals surface area contributed by atoms with Crippen LogP contribution in [0.4, 0.5) is 0 Å². The maximum atomic E-state index is 14.0. The lowest BCUT2D eigenvalue weighted by Crippen LogP contribution is -2.37. The van der Waals surface area contributed by atoms with E-state index in [9.17, 15) is 4.79 Å². The summed E-state index contributed by atoms with van der Waals surface area (Å²) < 4.78 is 4.08. The van der Waals surface area contributed by atoms with Crippen molar-refractivity contribution in [2.24, 2.45) is 11.8 Å². The van der Waals surface area contributed by atoms with Crippen LogP contribution < -0.4 is 5.69 Å². The monoisotopic (exact) mass is 513 g/mol. The lowest BCUT2D eigenvalue weighted by Gasteiger charge is -2.38. The molecule has 200 valence electrons. The van der Waals surface area contributed by atoms with Crippen molar-refractivity contribution in [2.45, 2.75) is 84.7 Å². The van der Waals surface area contributed by atoms with Gasteiger partial charge in [0, 0.05) is 29.7 Å². The topological polar surface area (TPSA) is 94.3 Å². The van der Waals surface area contributed by atoms with Crippen molar-refractivity contribution >= 4 is 0 Å². The van der Waals surface area contributed by atoms with Gasteiger partial charge in [-0.05, 0) is 72.1 Å². The van der Waals surface area contributed by atoms with Crippen LogP contribution in [0.3, 0.4) is 0 Å². The van der Waals surface area contributed by atoms with Gasteiger partial charge in [0.2, 0.25) is 5.82 Å². The highest BCUT2D eigenvalue weighted by atomic mass is 16.1. The average Bonchev–Trinajstić information content (AvgIpc) is 3.61. The molecule has 0 amide bonds. The predicted molar refractivity (Wildman–Crippen MR) is 150 cm³/mol. The van der Waals surface area contributed by atoms with Gasteiger partial charge in [0.25, 0.3) is 0 Å². The van der Waals surface area contributed by atoms with E-state index in [0.717, 1.165) is 60.2 Å². The van der Waals surface area contributed by atoms with Crippen LogP contribution in [0.25, 0.3) is 22.5 Å². The second kappa shape index (κ2) is 11.9. The number of H-pyrrole nitrogens is 1. The molecule has 1 aliphatic rings. The maximum Gasteiger partial charge on any atom is 0.328 e. The molecule has 0 radical (unpaired) electrons. The standard InChI is InChI=1S/C30H39N7O/c1-4-7-14-27-20-37(28-21(5-2)10-8-11-22(28)6-3)30(38)36(27)19-26-18-24(15-16-31-26)23-12-9-13-25(17-23)29-32-34-35-33-29/h9,12-13,15-18,20-22,28H,4-8,10-11,14,19H2,1-3H3,(H,32,33,34,35). The second-order valence-electron chi connectivity index (χ2n) is 10.6. The van der Waals surface area contributed by atoms with Crippen LogP contribution in [0.15, 0.2) is 53.6 Å². The quantitative estimate of drug-likeness (QED) is 0.278. The highest BCUT2D eigenvalue weighted by Crippen LogP contribution is 2.41. The van der Waals surface area contributed by atoms with Crippen LogP contribution in [0.5, 0.6) is 0 Å². The summed E-state index contributed by atoms with van der Waals surface area (Å²) in [6, 6.07) is 12.5. The fraction of sp³-hybridized carbons (Fsp3) is 0.500. The zero-order valence-corrected chi connectivity index (χ0v) is 22.8. The normalized spacial score (nSPS) is 19.6. The van der Waals surface area contributed by atoms with E-state index in [2.05, 4.69) is 75.3 Å². The number of unbranched alkanes of at least 4 members (excludes halogenated alkanes) is 1. The number of pyridine rings is 1. The molecule has 5 rings (SSSR count). The number of hydrogen-bond acceptors (Lipinski definition) is 5. The molecule has 8 nitrogen and oxygen atoms in total. The van der Waals surface area contributed by atoms with Gasteiger partial charge in [-0.1, -0.05) is 64.7 Å². The summed E-state index contributed by atoms with van der Waals surface area (Å²) >= 11 is 0. The van der Waals surface area contributed by atoms with Crippen molar-refractivity contribution in [1.29, 1.82) is 0 Å². The van der Waals surface area contributed by atoms with Gasteiger partial charge in [-0.25, -0.2) is 4.79 Å². The minimum atomic E-state index is 0.117. The van der Waals surface area contributed by atoms with Crippen LogP contribution in [-0.2, 0) is 13.0 Å². The fourth-order valence-corrected chi connectivity index (χ4v) is 6.23. The fourth-order valence-electron chi connectivity index (χ4n) is 6.23. The van der Waals surface area contributed by atoms with Crippen LogP contribution in [-0.4, -0.2) is 34.7 Å².